The van der Waals surface area contributed by atoms with Crippen molar-refractivity contribution < 1.29 is 27.8 Å². The molecule has 7 rings (SSSR count). The van der Waals surface area contributed by atoms with E-state index in [1.165, 1.54) is 0 Å². The van der Waals surface area contributed by atoms with Crippen LogP contribution in [0, 0.1) is 28.4 Å². The van der Waals surface area contributed by atoms with Crippen molar-refractivity contribution in [2.75, 3.05) is 37.9 Å². The summed E-state index contributed by atoms with van der Waals surface area (Å²) in [5.74, 6) is -1.18. The lowest BCUT2D eigenvalue weighted by molar-refractivity contribution is 0.0636. The van der Waals surface area contributed by atoms with Crippen LogP contribution in [0.2, 0.25) is 0 Å². The van der Waals surface area contributed by atoms with E-state index in [1.807, 2.05) is 14.1 Å². The van der Waals surface area contributed by atoms with Crippen LogP contribution in [0.25, 0.3) is 32.2 Å². The Balaban J connectivity index is 1.39. The number of halogens is 2. The van der Waals surface area contributed by atoms with E-state index in [2.05, 4.69) is 41.8 Å². The normalized spacial score (nSPS) is 14.8. The minimum Gasteiger partial charge on any atom is -0.463 e. The number of rotatable bonds is 10. The van der Waals surface area contributed by atoms with Crippen molar-refractivity contribution in [2.45, 2.75) is 59.0 Å². The first-order valence-corrected chi connectivity index (χ1v) is 17.1. The molecule has 0 spiro atoms. The van der Waals surface area contributed by atoms with E-state index in [9.17, 15) is 10.1 Å². The van der Waals surface area contributed by atoms with Crippen molar-refractivity contribution in [3.05, 3.63) is 58.5 Å². The van der Waals surface area contributed by atoms with Gasteiger partial charge < -0.3 is 24.4 Å². The first-order chi connectivity index (χ1) is 24.4. The highest BCUT2D eigenvalue weighted by Gasteiger charge is 2.44. The van der Waals surface area contributed by atoms with E-state index in [0.29, 0.717) is 34.6 Å². The number of benzene rings is 1. The first-order valence-electron chi connectivity index (χ1n) is 16.3. The molecule has 1 aliphatic carbocycles. The highest BCUT2D eigenvalue weighted by Crippen LogP contribution is 2.48. The number of hydrogen-bond acceptors (Lipinski definition) is 13. The molecule has 0 atom stereocenters. The zero-order valence-corrected chi connectivity index (χ0v) is 29.5. The number of pyridine rings is 1. The number of fused-ring (bicyclic) bond motifs is 4. The number of nitrogens with zero attached hydrogens (tertiary/aromatic N) is 7. The minimum absolute atomic E-state index is 0.00825. The Hall–Kier alpha value is -5.11. The highest BCUT2D eigenvalue weighted by molar-refractivity contribution is 7.23. The molecule has 2 aliphatic rings. The molecule has 5 aromatic rings. The lowest BCUT2D eigenvalue weighted by Crippen LogP contribution is -2.28. The van der Waals surface area contributed by atoms with Crippen LogP contribution in [0.15, 0.2) is 24.5 Å². The van der Waals surface area contributed by atoms with Gasteiger partial charge in [0, 0.05) is 29.1 Å². The molecule has 1 amide bonds. The van der Waals surface area contributed by atoms with Crippen LogP contribution in [-0.2, 0) is 29.2 Å². The van der Waals surface area contributed by atoms with Gasteiger partial charge in [-0.3, -0.25) is 10.3 Å². The van der Waals surface area contributed by atoms with Crippen molar-refractivity contribution in [2.24, 2.45) is 5.41 Å². The van der Waals surface area contributed by atoms with Gasteiger partial charge in [0.2, 0.25) is 0 Å². The summed E-state index contributed by atoms with van der Waals surface area (Å²) in [6, 6.07) is 5.60. The molecular weight excluding hydrogens is 681 g/mol. The van der Waals surface area contributed by atoms with Gasteiger partial charge in [-0.15, -0.1) is 11.3 Å². The third-order valence-corrected chi connectivity index (χ3v) is 9.70. The summed E-state index contributed by atoms with van der Waals surface area (Å²) in [5.41, 5.74) is 0.715. The molecule has 4 aromatic heterocycles. The Bertz CT molecular complexity index is 2210. The summed E-state index contributed by atoms with van der Waals surface area (Å²) in [6.45, 7) is 6.61. The van der Waals surface area contributed by atoms with Gasteiger partial charge in [-0.2, -0.15) is 25.4 Å². The molecule has 1 aliphatic heterocycles. The minimum atomic E-state index is -0.823. The second kappa shape index (κ2) is 13.2. The summed E-state index contributed by atoms with van der Waals surface area (Å²) >= 11 is 0.836. The molecule has 1 saturated carbocycles. The number of nitrogens with one attached hydrogen (secondary N) is 2. The molecular formula is C35H35F2N9O4S. The van der Waals surface area contributed by atoms with E-state index in [-0.39, 0.29) is 68.6 Å². The number of nitriles is 1. The number of aromatic nitrogens is 5. The average Bonchev–Trinajstić information content (AvgIpc) is 3.48. The summed E-state index contributed by atoms with van der Waals surface area (Å²) in [7, 11) is 4.01. The Morgan fingerprint density at radius 3 is 2.65 bits per heavy atom. The van der Waals surface area contributed by atoms with Gasteiger partial charge >= 0.3 is 12.1 Å². The highest BCUT2D eigenvalue weighted by atomic mass is 32.1. The number of anilines is 2. The van der Waals surface area contributed by atoms with Gasteiger partial charge in [-0.05, 0) is 71.0 Å². The maximum absolute atomic E-state index is 17.3. The van der Waals surface area contributed by atoms with Crippen LogP contribution in [0.3, 0.4) is 0 Å². The maximum Gasteiger partial charge on any atom is 0.412 e. The fraction of sp³-hybridized carbons (Fsp3) is 0.400. The number of amides is 1. The lowest BCUT2D eigenvalue weighted by Gasteiger charge is -2.21. The molecule has 0 saturated heterocycles. The van der Waals surface area contributed by atoms with E-state index in [0.717, 1.165) is 36.9 Å². The van der Waals surface area contributed by atoms with Crippen molar-refractivity contribution >= 4 is 49.2 Å². The summed E-state index contributed by atoms with van der Waals surface area (Å²) in [4.78, 5) is 28.4. The lowest BCUT2D eigenvalue weighted by atomic mass is 9.93. The number of ether oxygens (including phenoxy) is 3. The molecule has 13 nitrogen and oxygen atoms in total. The van der Waals surface area contributed by atoms with Crippen LogP contribution >= 0.6 is 11.3 Å². The molecule has 1 fully saturated rings. The molecule has 0 bridgehead atoms. The van der Waals surface area contributed by atoms with Crippen LogP contribution in [0.4, 0.5) is 24.4 Å². The quantitative estimate of drug-likeness (QED) is 0.161. The zero-order valence-electron chi connectivity index (χ0n) is 28.7. The molecule has 2 N–H and O–H groups in total. The average molecular weight is 716 g/mol. The second-order valence-corrected chi connectivity index (χ2v) is 15.0. The van der Waals surface area contributed by atoms with E-state index >= 15 is 8.78 Å². The van der Waals surface area contributed by atoms with Crippen molar-refractivity contribution in [3.8, 4) is 23.3 Å². The smallest absolute Gasteiger partial charge is 0.412 e. The van der Waals surface area contributed by atoms with Crippen LogP contribution in [0.5, 0.6) is 6.01 Å². The van der Waals surface area contributed by atoms with Crippen molar-refractivity contribution in [1.29, 1.82) is 5.26 Å². The Morgan fingerprint density at radius 2 is 1.96 bits per heavy atom. The summed E-state index contributed by atoms with van der Waals surface area (Å²) in [6.07, 6.45) is 3.69. The SMILES string of the molecule is CN(C)CC1(COc2nc(NCc3cccnn3)c3c4c(c(-c5ncc(F)c6sc(NC(=O)OC(C)(C)C)c(C#N)c56)c(F)c3n2)COC4)CC1. The molecule has 0 unspecified atom stereocenters. The molecule has 264 valence electrons. The number of carbonyl (C=O) groups is 1. The van der Waals surface area contributed by atoms with Gasteiger partial charge in [0.15, 0.2) is 11.6 Å². The van der Waals surface area contributed by atoms with Gasteiger partial charge in [-0.1, -0.05) is 0 Å². The number of thiophene rings is 1. The predicted octanol–water partition coefficient (Wildman–Crippen LogP) is 6.56. The maximum atomic E-state index is 17.3. The largest absolute Gasteiger partial charge is 0.463 e. The fourth-order valence-electron chi connectivity index (χ4n) is 6.32. The van der Waals surface area contributed by atoms with Crippen LogP contribution in [0.1, 0.15) is 56.0 Å². The van der Waals surface area contributed by atoms with E-state index < -0.39 is 23.3 Å². The second-order valence-electron chi connectivity index (χ2n) is 14.0. The molecule has 0 radical (unpaired) electrons. The summed E-state index contributed by atoms with van der Waals surface area (Å²) < 4.78 is 50.1. The third-order valence-electron chi connectivity index (χ3n) is 8.59. The fourth-order valence-corrected chi connectivity index (χ4v) is 7.36. The third kappa shape index (κ3) is 6.84. The molecule has 5 heterocycles. The van der Waals surface area contributed by atoms with Gasteiger partial charge in [0.25, 0.3) is 0 Å². The van der Waals surface area contributed by atoms with E-state index in [4.69, 9.17) is 19.2 Å². The van der Waals surface area contributed by atoms with Crippen LogP contribution < -0.4 is 15.4 Å². The van der Waals surface area contributed by atoms with Crippen molar-refractivity contribution in [1.82, 2.24) is 30.0 Å². The topological polar surface area (TPSA) is 160 Å². The summed E-state index contributed by atoms with van der Waals surface area (Å²) in [5, 5.41) is 24.7. The Kier molecular flexibility index (Phi) is 8.90. The zero-order chi connectivity index (χ0) is 36.1. The van der Waals surface area contributed by atoms with Gasteiger partial charge in [0.1, 0.15) is 28.0 Å². The monoisotopic (exact) mass is 715 g/mol. The number of carbonyl (C=O) groups excluding carboxylic acids is 1. The van der Waals surface area contributed by atoms with Gasteiger partial charge in [0.05, 0.1) is 59.6 Å². The Morgan fingerprint density at radius 1 is 1.18 bits per heavy atom. The number of hydrogen-bond donors (Lipinski definition) is 2. The first kappa shape index (κ1) is 34.3. The Labute approximate surface area is 296 Å². The molecule has 16 heteroatoms. The molecule has 1 aromatic carbocycles. The standard InChI is InChI=1S/C35H35F2N9O4S/c1-34(2,3)50-33(47)44-31-19(11-38)24-27(39-13-22(36)29(24)51-31)23-20-14-48-15-21(20)25-28(26(23)37)42-32(49-17-35(8-9-35)16-46(4)5)43-30(25)40-12-18-7-6-10-41-45-18/h6-7,10,13H,8-9,12,14-17H2,1-5H3,(H,44,47)(H,40,42,43). The van der Waals surface area contributed by atoms with Gasteiger partial charge in [-0.25, -0.2) is 13.6 Å². The van der Waals surface area contributed by atoms with Crippen LogP contribution in [-0.4, -0.2) is 69.0 Å². The van der Waals surface area contributed by atoms with Crippen molar-refractivity contribution in [3.63, 3.8) is 0 Å². The predicted molar refractivity (Wildman–Crippen MR) is 186 cm³/mol. The van der Waals surface area contributed by atoms with E-state index in [1.54, 1.807) is 39.1 Å². The molecule has 51 heavy (non-hydrogen) atoms.